The zero-order chi connectivity index (χ0) is 18.4. The Hall–Kier alpha value is -1.74. The topological polar surface area (TPSA) is 95.5 Å². The van der Waals surface area contributed by atoms with Crippen LogP contribution in [0.15, 0.2) is 12.4 Å². The Balaban J connectivity index is 1.94. The average molecular weight is 369 g/mol. The summed E-state index contributed by atoms with van der Waals surface area (Å²) >= 11 is 0. The van der Waals surface area contributed by atoms with Crippen LogP contribution in [0.1, 0.15) is 30.3 Å². The average Bonchev–Trinajstić information content (AvgIpc) is 2.92. The van der Waals surface area contributed by atoms with Crippen molar-refractivity contribution in [1.82, 2.24) is 19.8 Å². The fourth-order valence-electron chi connectivity index (χ4n) is 2.88. The number of carbonyl (C=O) groups excluding carboxylic acids is 1. The van der Waals surface area contributed by atoms with Gasteiger partial charge in [-0.15, -0.1) is 0 Å². The molecule has 25 heavy (non-hydrogen) atoms. The van der Waals surface area contributed by atoms with Gasteiger partial charge in [0.2, 0.25) is 0 Å². The second-order valence-corrected chi connectivity index (χ2v) is 8.75. The first-order valence-electron chi connectivity index (χ1n) is 8.54. The van der Waals surface area contributed by atoms with Gasteiger partial charge >= 0.3 is 0 Å². The highest BCUT2D eigenvalue weighted by Crippen LogP contribution is 2.19. The van der Waals surface area contributed by atoms with Crippen LogP contribution in [0.4, 0.5) is 5.82 Å². The molecule has 1 amide bonds. The van der Waals surface area contributed by atoms with Crippen LogP contribution in [-0.4, -0.2) is 85.4 Å². The highest BCUT2D eigenvalue weighted by molar-refractivity contribution is 7.91. The van der Waals surface area contributed by atoms with Gasteiger partial charge in [-0.1, -0.05) is 0 Å². The molecule has 0 saturated carbocycles. The summed E-state index contributed by atoms with van der Waals surface area (Å²) < 4.78 is 23.3. The van der Waals surface area contributed by atoms with Gasteiger partial charge < -0.3 is 15.1 Å². The molecule has 0 aliphatic carbocycles. The van der Waals surface area contributed by atoms with Gasteiger partial charge in [-0.05, 0) is 40.4 Å². The lowest BCUT2D eigenvalue weighted by Gasteiger charge is -2.26. The number of hydrogen-bond donors (Lipinski definition) is 1. The molecule has 1 aromatic rings. The maximum Gasteiger partial charge on any atom is 0.274 e. The van der Waals surface area contributed by atoms with Gasteiger partial charge in [0.25, 0.3) is 5.91 Å². The summed E-state index contributed by atoms with van der Waals surface area (Å²) in [5.74, 6) is 0.534. The molecular formula is C16H27N5O3S. The first-order chi connectivity index (χ1) is 11.8. The van der Waals surface area contributed by atoms with E-state index >= 15 is 0 Å². The molecule has 2 rings (SSSR count). The molecule has 1 aliphatic heterocycles. The van der Waals surface area contributed by atoms with Crippen molar-refractivity contribution in [3.63, 3.8) is 0 Å². The van der Waals surface area contributed by atoms with Crippen LogP contribution in [0.3, 0.4) is 0 Å². The number of amides is 1. The molecule has 8 nitrogen and oxygen atoms in total. The molecule has 1 fully saturated rings. The zero-order valence-corrected chi connectivity index (χ0v) is 15.9. The molecule has 1 aromatic heterocycles. The van der Waals surface area contributed by atoms with E-state index in [1.807, 2.05) is 21.0 Å². The number of sulfone groups is 1. The summed E-state index contributed by atoms with van der Waals surface area (Å²) in [6, 6.07) is -0.270. The summed E-state index contributed by atoms with van der Waals surface area (Å²) in [7, 11) is 1.01. The minimum absolute atomic E-state index is 0.0333. The number of nitrogens with zero attached hydrogens (tertiary/aromatic N) is 4. The van der Waals surface area contributed by atoms with Crippen molar-refractivity contribution in [3.05, 3.63) is 18.1 Å². The number of nitrogens with one attached hydrogen (secondary N) is 1. The molecule has 0 bridgehead atoms. The van der Waals surface area contributed by atoms with Crippen LogP contribution in [0, 0.1) is 0 Å². The van der Waals surface area contributed by atoms with E-state index in [1.54, 1.807) is 11.1 Å². The number of hydrogen-bond acceptors (Lipinski definition) is 7. The van der Waals surface area contributed by atoms with Crippen LogP contribution in [0.2, 0.25) is 0 Å². The van der Waals surface area contributed by atoms with Gasteiger partial charge in [0, 0.05) is 19.1 Å². The minimum atomic E-state index is -3.04. The lowest BCUT2D eigenvalue weighted by Crippen LogP contribution is -2.41. The molecule has 1 unspecified atom stereocenters. The molecule has 9 heteroatoms. The lowest BCUT2D eigenvalue weighted by atomic mass is 10.2. The van der Waals surface area contributed by atoms with E-state index in [0.29, 0.717) is 18.8 Å². The number of carbonyl (C=O) groups is 1. The SMILES string of the molecule is CCN(C(=O)c1cnc(NCCCN(C)C)cn1)C1CCS(=O)(=O)C1. The van der Waals surface area contributed by atoms with Crippen LogP contribution < -0.4 is 5.32 Å². The van der Waals surface area contributed by atoms with E-state index < -0.39 is 9.84 Å². The predicted molar refractivity (Wildman–Crippen MR) is 97.5 cm³/mol. The van der Waals surface area contributed by atoms with Gasteiger partial charge in [0.05, 0.1) is 23.9 Å². The van der Waals surface area contributed by atoms with Crippen molar-refractivity contribution in [2.45, 2.75) is 25.8 Å². The summed E-state index contributed by atoms with van der Waals surface area (Å²) in [6.07, 6.45) is 4.46. The molecule has 2 heterocycles. The molecule has 0 aromatic carbocycles. The van der Waals surface area contributed by atoms with Gasteiger partial charge in [0.1, 0.15) is 11.5 Å². The van der Waals surface area contributed by atoms with E-state index in [1.165, 1.54) is 6.20 Å². The Bertz CT molecular complexity index is 676. The van der Waals surface area contributed by atoms with Crippen molar-refractivity contribution < 1.29 is 13.2 Å². The second kappa shape index (κ2) is 8.57. The third-order valence-electron chi connectivity index (χ3n) is 4.21. The lowest BCUT2D eigenvalue weighted by molar-refractivity contribution is 0.0702. The Labute approximate surface area is 149 Å². The Morgan fingerprint density at radius 1 is 1.32 bits per heavy atom. The van der Waals surface area contributed by atoms with Gasteiger partial charge in [-0.3, -0.25) is 4.79 Å². The van der Waals surface area contributed by atoms with Crippen molar-refractivity contribution in [3.8, 4) is 0 Å². The monoisotopic (exact) mass is 369 g/mol. The summed E-state index contributed by atoms with van der Waals surface area (Å²) in [5.41, 5.74) is 0.241. The molecule has 1 saturated heterocycles. The highest BCUT2D eigenvalue weighted by atomic mass is 32.2. The first-order valence-corrected chi connectivity index (χ1v) is 10.4. The van der Waals surface area contributed by atoms with E-state index in [-0.39, 0.29) is 29.1 Å². The van der Waals surface area contributed by atoms with Crippen LogP contribution in [-0.2, 0) is 9.84 Å². The van der Waals surface area contributed by atoms with Crippen molar-refractivity contribution in [2.75, 3.05) is 50.6 Å². The number of rotatable bonds is 8. The van der Waals surface area contributed by atoms with Crippen molar-refractivity contribution in [1.29, 1.82) is 0 Å². The number of anilines is 1. The van der Waals surface area contributed by atoms with Gasteiger partial charge in [-0.25, -0.2) is 18.4 Å². The smallest absolute Gasteiger partial charge is 0.274 e. The standard InChI is InChI=1S/C16H27N5O3S/c1-4-21(13-6-9-25(23,24)12-13)16(22)14-10-19-15(11-18-14)17-7-5-8-20(2)3/h10-11,13H,4-9,12H2,1-3H3,(H,17,19). The summed E-state index contributed by atoms with van der Waals surface area (Å²) in [5, 5.41) is 3.17. The molecule has 0 spiro atoms. The van der Waals surface area contributed by atoms with Crippen molar-refractivity contribution >= 4 is 21.6 Å². The van der Waals surface area contributed by atoms with Crippen molar-refractivity contribution in [2.24, 2.45) is 0 Å². The maximum atomic E-state index is 12.6. The van der Waals surface area contributed by atoms with Crippen LogP contribution >= 0.6 is 0 Å². The Kier molecular flexibility index (Phi) is 6.71. The molecule has 140 valence electrons. The maximum absolute atomic E-state index is 12.6. The van der Waals surface area contributed by atoms with Crippen LogP contribution in [0.25, 0.3) is 0 Å². The fourth-order valence-corrected chi connectivity index (χ4v) is 4.61. The van der Waals surface area contributed by atoms with E-state index in [9.17, 15) is 13.2 Å². The fraction of sp³-hybridized carbons (Fsp3) is 0.688. The van der Waals surface area contributed by atoms with E-state index in [4.69, 9.17) is 0 Å². The van der Waals surface area contributed by atoms with Crippen LogP contribution in [0.5, 0.6) is 0 Å². The molecule has 1 atom stereocenters. The molecule has 0 radical (unpaired) electrons. The van der Waals surface area contributed by atoms with Gasteiger partial charge in [0.15, 0.2) is 9.84 Å². The third kappa shape index (κ3) is 5.64. The van der Waals surface area contributed by atoms with E-state index in [0.717, 1.165) is 19.5 Å². The Morgan fingerprint density at radius 3 is 2.60 bits per heavy atom. The van der Waals surface area contributed by atoms with E-state index in [2.05, 4.69) is 20.2 Å². The third-order valence-corrected chi connectivity index (χ3v) is 5.96. The minimum Gasteiger partial charge on any atom is -0.369 e. The van der Waals surface area contributed by atoms with Gasteiger partial charge in [-0.2, -0.15) is 0 Å². The summed E-state index contributed by atoms with van der Waals surface area (Å²) in [4.78, 5) is 24.7. The second-order valence-electron chi connectivity index (χ2n) is 6.52. The zero-order valence-electron chi connectivity index (χ0n) is 15.1. The predicted octanol–water partition coefficient (Wildman–Crippen LogP) is 0.489. The largest absolute Gasteiger partial charge is 0.369 e. The normalized spacial score (nSPS) is 19.1. The quantitative estimate of drug-likeness (QED) is 0.666. The molecule has 1 N–H and O–H groups in total. The molecule has 1 aliphatic rings. The summed E-state index contributed by atoms with van der Waals surface area (Å²) in [6.45, 7) is 4.05. The Morgan fingerprint density at radius 2 is 2.08 bits per heavy atom. The number of aromatic nitrogens is 2. The highest BCUT2D eigenvalue weighted by Gasteiger charge is 2.34. The molecular weight excluding hydrogens is 342 g/mol. The first kappa shape index (κ1) is 19.6.